The van der Waals surface area contributed by atoms with Gasteiger partial charge in [-0.05, 0) is 37.0 Å². The fraction of sp³-hybridized carbons (Fsp3) is 0.533. The van der Waals surface area contributed by atoms with Gasteiger partial charge < -0.3 is 14.8 Å². The summed E-state index contributed by atoms with van der Waals surface area (Å²) in [4.78, 5) is 12.2. The molecule has 1 fully saturated rings. The number of ether oxygens (including phenoxy) is 2. The number of fused-ring (bicyclic) bond motifs is 1. The van der Waals surface area contributed by atoms with Crippen LogP contribution in [0.4, 0.5) is 0 Å². The van der Waals surface area contributed by atoms with E-state index in [0.29, 0.717) is 36.5 Å². The zero-order valence-electron chi connectivity index (χ0n) is 11.1. The summed E-state index contributed by atoms with van der Waals surface area (Å²) in [7, 11) is 0. The molecule has 1 amide bonds. The van der Waals surface area contributed by atoms with Crippen molar-refractivity contribution in [1.29, 1.82) is 0 Å². The van der Waals surface area contributed by atoms with Crippen LogP contribution in [-0.4, -0.2) is 25.2 Å². The number of hydrogen-bond donors (Lipinski definition) is 1. The smallest absolute Gasteiger partial charge is 0.251 e. The highest BCUT2D eigenvalue weighted by molar-refractivity contribution is 5.95. The number of hydrogen-bond acceptors (Lipinski definition) is 3. The van der Waals surface area contributed by atoms with Crippen LogP contribution in [0.1, 0.15) is 36.5 Å². The third-order valence-corrected chi connectivity index (χ3v) is 3.98. The molecule has 1 aliphatic heterocycles. The van der Waals surface area contributed by atoms with Crippen LogP contribution in [0, 0.1) is 5.92 Å². The normalized spacial score (nSPS) is 25.1. The van der Waals surface area contributed by atoms with Crippen molar-refractivity contribution in [2.75, 3.05) is 13.2 Å². The van der Waals surface area contributed by atoms with E-state index >= 15 is 0 Å². The predicted molar refractivity (Wildman–Crippen MR) is 71.7 cm³/mol. The van der Waals surface area contributed by atoms with Crippen LogP contribution < -0.4 is 14.8 Å². The first-order valence-electron chi connectivity index (χ1n) is 6.94. The maximum atomic E-state index is 12.2. The molecule has 0 aromatic heterocycles. The Hall–Kier alpha value is -1.71. The van der Waals surface area contributed by atoms with Gasteiger partial charge >= 0.3 is 0 Å². The van der Waals surface area contributed by atoms with Crippen LogP contribution >= 0.6 is 0 Å². The fourth-order valence-corrected chi connectivity index (χ4v) is 2.80. The quantitative estimate of drug-likeness (QED) is 0.889. The van der Waals surface area contributed by atoms with Gasteiger partial charge in [0.05, 0.1) is 0 Å². The van der Waals surface area contributed by atoms with Crippen molar-refractivity contribution in [3.8, 4) is 11.5 Å². The van der Waals surface area contributed by atoms with Crippen molar-refractivity contribution in [3.63, 3.8) is 0 Å². The predicted octanol–water partition coefficient (Wildman–Crippen LogP) is 2.38. The van der Waals surface area contributed by atoms with E-state index < -0.39 is 0 Å². The number of nitrogens with one attached hydrogen (secondary N) is 1. The highest BCUT2D eigenvalue weighted by Gasteiger charge is 2.25. The molecule has 19 heavy (non-hydrogen) atoms. The molecule has 0 unspecified atom stereocenters. The standard InChI is InChI=1S/C15H19NO3/c1-10-3-2-4-12(10)16-15(17)11-5-6-13-14(9-11)19-8-7-18-13/h5-6,9-10,12H,2-4,7-8H2,1H3,(H,16,17)/t10-,12-/m1/s1. The summed E-state index contributed by atoms with van der Waals surface area (Å²) in [6, 6.07) is 5.67. The van der Waals surface area contributed by atoms with Gasteiger partial charge in [0, 0.05) is 11.6 Å². The van der Waals surface area contributed by atoms with E-state index in [9.17, 15) is 4.79 Å². The summed E-state index contributed by atoms with van der Waals surface area (Å²) in [5.41, 5.74) is 0.642. The van der Waals surface area contributed by atoms with Crippen LogP contribution in [0.15, 0.2) is 18.2 Å². The molecule has 3 rings (SSSR count). The van der Waals surface area contributed by atoms with Gasteiger partial charge in [0.25, 0.3) is 5.91 Å². The average molecular weight is 261 g/mol. The molecule has 4 nitrogen and oxygen atoms in total. The van der Waals surface area contributed by atoms with Crippen molar-refractivity contribution < 1.29 is 14.3 Å². The van der Waals surface area contributed by atoms with Crippen LogP contribution in [-0.2, 0) is 0 Å². The maximum absolute atomic E-state index is 12.2. The Morgan fingerprint density at radius 3 is 2.74 bits per heavy atom. The van der Waals surface area contributed by atoms with E-state index in [-0.39, 0.29) is 5.91 Å². The topological polar surface area (TPSA) is 47.6 Å². The molecular formula is C15H19NO3. The summed E-state index contributed by atoms with van der Waals surface area (Å²) in [5.74, 6) is 1.94. The minimum atomic E-state index is -0.0178. The third-order valence-electron chi connectivity index (χ3n) is 3.98. The molecule has 102 valence electrons. The van der Waals surface area contributed by atoms with E-state index in [1.54, 1.807) is 12.1 Å². The molecule has 0 spiro atoms. The number of carbonyl (C=O) groups is 1. The van der Waals surface area contributed by atoms with E-state index in [1.807, 2.05) is 6.07 Å². The molecule has 1 saturated carbocycles. The van der Waals surface area contributed by atoms with Crippen molar-refractivity contribution >= 4 is 5.91 Å². The lowest BCUT2D eigenvalue weighted by Gasteiger charge is -2.20. The lowest BCUT2D eigenvalue weighted by atomic mass is 10.1. The van der Waals surface area contributed by atoms with E-state index in [1.165, 1.54) is 12.8 Å². The SMILES string of the molecule is C[C@@H]1CCC[C@H]1NC(=O)c1ccc2c(c1)OCCO2. The van der Waals surface area contributed by atoms with Crippen molar-refractivity contribution in [3.05, 3.63) is 23.8 Å². The van der Waals surface area contributed by atoms with E-state index in [4.69, 9.17) is 9.47 Å². The number of benzene rings is 1. The maximum Gasteiger partial charge on any atom is 0.251 e. The van der Waals surface area contributed by atoms with Crippen molar-refractivity contribution in [2.45, 2.75) is 32.2 Å². The van der Waals surface area contributed by atoms with Gasteiger partial charge in [0.2, 0.25) is 0 Å². The molecule has 1 aromatic carbocycles. The highest BCUT2D eigenvalue weighted by atomic mass is 16.6. The molecule has 0 saturated heterocycles. The second kappa shape index (κ2) is 5.11. The number of amides is 1. The number of carbonyl (C=O) groups excluding carboxylic acids is 1. The fourth-order valence-electron chi connectivity index (χ4n) is 2.80. The van der Waals surface area contributed by atoms with Gasteiger partial charge in [-0.15, -0.1) is 0 Å². The molecular weight excluding hydrogens is 242 g/mol. The molecule has 2 aliphatic rings. The summed E-state index contributed by atoms with van der Waals surface area (Å²) < 4.78 is 11.0. The molecule has 1 aliphatic carbocycles. The molecule has 0 radical (unpaired) electrons. The van der Waals surface area contributed by atoms with Gasteiger partial charge in [-0.1, -0.05) is 13.3 Å². The van der Waals surface area contributed by atoms with Crippen LogP contribution in [0.25, 0.3) is 0 Å². The Morgan fingerprint density at radius 2 is 2.00 bits per heavy atom. The van der Waals surface area contributed by atoms with Crippen molar-refractivity contribution in [2.24, 2.45) is 5.92 Å². The monoisotopic (exact) mass is 261 g/mol. The third kappa shape index (κ3) is 2.53. The first kappa shape index (κ1) is 12.3. The van der Waals surface area contributed by atoms with Crippen LogP contribution in [0.3, 0.4) is 0 Å². The first-order chi connectivity index (χ1) is 9.24. The molecule has 1 N–H and O–H groups in total. The highest BCUT2D eigenvalue weighted by Crippen LogP contribution is 2.31. The second-order valence-electron chi connectivity index (χ2n) is 5.35. The van der Waals surface area contributed by atoms with Crippen molar-refractivity contribution in [1.82, 2.24) is 5.32 Å². The lowest BCUT2D eigenvalue weighted by Crippen LogP contribution is -2.36. The minimum absolute atomic E-state index is 0.0178. The summed E-state index contributed by atoms with van der Waals surface area (Å²) in [5, 5.41) is 3.12. The molecule has 4 heteroatoms. The zero-order chi connectivity index (χ0) is 13.2. The molecule has 0 bridgehead atoms. The van der Waals surface area contributed by atoms with Gasteiger partial charge in [-0.3, -0.25) is 4.79 Å². The molecule has 1 aromatic rings. The number of rotatable bonds is 2. The van der Waals surface area contributed by atoms with Gasteiger partial charge in [0.1, 0.15) is 13.2 Å². The largest absolute Gasteiger partial charge is 0.486 e. The zero-order valence-corrected chi connectivity index (χ0v) is 11.1. The Morgan fingerprint density at radius 1 is 1.21 bits per heavy atom. The molecule has 1 heterocycles. The van der Waals surface area contributed by atoms with Gasteiger partial charge in [-0.2, -0.15) is 0 Å². The minimum Gasteiger partial charge on any atom is -0.486 e. The summed E-state index contributed by atoms with van der Waals surface area (Å²) >= 11 is 0. The van der Waals surface area contributed by atoms with Crippen LogP contribution in [0.5, 0.6) is 11.5 Å². The van der Waals surface area contributed by atoms with E-state index in [0.717, 1.165) is 12.2 Å². The Bertz CT molecular complexity index is 486. The van der Waals surface area contributed by atoms with Crippen LogP contribution in [0.2, 0.25) is 0 Å². The Labute approximate surface area is 113 Å². The Kier molecular flexibility index (Phi) is 3.32. The van der Waals surface area contributed by atoms with Gasteiger partial charge in [-0.25, -0.2) is 0 Å². The first-order valence-corrected chi connectivity index (χ1v) is 6.94. The average Bonchev–Trinajstić information content (AvgIpc) is 2.84. The summed E-state index contributed by atoms with van der Waals surface area (Å²) in [6.07, 6.45) is 3.48. The Balaban J connectivity index is 1.72. The second-order valence-corrected chi connectivity index (χ2v) is 5.35. The van der Waals surface area contributed by atoms with Gasteiger partial charge in [0.15, 0.2) is 11.5 Å². The molecule has 2 atom stereocenters. The van der Waals surface area contributed by atoms with E-state index in [2.05, 4.69) is 12.2 Å². The summed E-state index contributed by atoms with van der Waals surface area (Å²) in [6.45, 7) is 3.30. The lowest BCUT2D eigenvalue weighted by molar-refractivity contribution is 0.0928.